The quantitative estimate of drug-likeness (QED) is 0.673. The molecular weight excluding hydrogens is 248 g/mol. The second-order valence-electron chi connectivity index (χ2n) is 4.22. The normalized spacial score (nSPS) is 11.1. The van der Waals surface area contributed by atoms with Crippen molar-refractivity contribution in [1.82, 2.24) is 14.5 Å². The minimum absolute atomic E-state index is 0.566. The molecule has 0 fully saturated rings. The van der Waals surface area contributed by atoms with Gasteiger partial charge in [0, 0.05) is 52.1 Å². The maximum atomic E-state index is 5.54. The van der Waals surface area contributed by atoms with Crippen molar-refractivity contribution in [2.75, 3.05) is 33.4 Å². The fourth-order valence-electron chi connectivity index (χ4n) is 1.71. The van der Waals surface area contributed by atoms with Crippen molar-refractivity contribution in [3.05, 3.63) is 18.2 Å². The van der Waals surface area contributed by atoms with E-state index in [1.807, 2.05) is 19.3 Å². The van der Waals surface area contributed by atoms with Crippen LogP contribution in [0.2, 0.25) is 0 Å². The molecule has 1 rings (SSSR count). The van der Waals surface area contributed by atoms with Crippen LogP contribution in [-0.4, -0.2) is 52.8 Å². The van der Waals surface area contributed by atoms with E-state index in [0.29, 0.717) is 4.99 Å². The van der Waals surface area contributed by atoms with Crippen LogP contribution in [0.1, 0.15) is 12.2 Å². The summed E-state index contributed by atoms with van der Waals surface area (Å²) in [5.74, 6) is 1.04. The molecule has 1 heterocycles. The van der Waals surface area contributed by atoms with Crippen molar-refractivity contribution in [1.29, 1.82) is 0 Å². The molecule has 0 atom stereocenters. The van der Waals surface area contributed by atoms with Crippen LogP contribution in [-0.2, 0) is 11.3 Å². The zero-order chi connectivity index (χ0) is 13.4. The zero-order valence-electron chi connectivity index (χ0n) is 11.1. The second kappa shape index (κ2) is 8.18. The van der Waals surface area contributed by atoms with E-state index in [1.54, 1.807) is 7.11 Å². The van der Waals surface area contributed by atoms with Gasteiger partial charge in [0.15, 0.2) is 0 Å². The number of hydrogen-bond acceptors (Lipinski definition) is 4. The molecule has 0 spiro atoms. The third-order valence-electron chi connectivity index (χ3n) is 2.87. The number of nitrogens with zero attached hydrogens (tertiary/aromatic N) is 3. The standard InChI is InChI=1S/C12H22N4OS/c1-11-14-4-6-16(11)8-7-15(9-10-17-2)5-3-12(13)18/h4,6H,3,5,7-10H2,1-2H3,(H2,13,18). The Morgan fingerprint density at radius 1 is 1.50 bits per heavy atom. The van der Waals surface area contributed by atoms with E-state index in [9.17, 15) is 0 Å². The van der Waals surface area contributed by atoms with Gasteiger partial charge in [-0.05, 0) is 6.92 Å². The molecule has 6 heteroatoms. The molecule has 0 aliphatic heterocycles. The Balaban J connectivity index is 2.39. The van der Waals surface area contributed by atoms with E-state index >= 15 is 0 Å². The van der Waals surface area contributed by atoms with Gasteiger partial charge in [-0.1, -0.05) is 12.2 Å². The highest BCUT2D eigenvalue weighted by Gasteiger charge is 2.06. The number of nitrogens with two attached hydrogens (primary N) is 1. The van der Waals surface area contributed by atoms with Gasteiger partial charge in [0.05, 0.1) is 11.6 Å². The summed E-state index contributed by atoms with van der Waals surface area (Å²) in [6.45, 7) is 6.38. The van der Waals surface area contributed by atoms with Gasteiger partial charge in [-0.3, -0.25) is 4.90 Å². The zero-order valence-corrected chi connectivity index (χ0v) is 11.9. The lowest BCUT2D eigenvalue weighted by Gasteiger charge is -2.22. The average Bonchev–Trinajstić information content (AvgIpc) is 2.74. The number of aryl methyl sites for hydroxylation is 1. The number of aromatic nitrogens is 2. The Hall–Kier alpha value is -0.980. The highest BCUT2D eigenvalue weighted by atomic mass is 32.1. The lowest BCUT2D eigenvalue weighted by molar-refractivity contribution is 0.147. The number of ether oxygens (including phenoxy) is 1. The molecule has 0 saturated carbocycles. The highest BCUT2D eigenvalue weighted by molar-refractivity contribution is 7.80. The Labute approximate surface area is 114 Å². The van der Waals surface area contributed by atoms with E-state index in [2.05, 4.69) is 14.5 Å². The Kier molecular flexibility index (Phi) is 6.85. The van der Waals surface area contributed by atoms with Crippen molar-refractivity contribution in [3.8, 4) is 0 Å². The molecule has 102 valence electrons. The van der Waals surface area contributed by atoms with Gasteiger partial charge in [-0.15, -0.1) is 0 Å². The summed E-state index contributed by atoms with van der Waals surface area (Å²) in [6, 6.07) is 0. The molecule has 0 aliphatic rings. The number of thiocarbonyl (C=S) groups is 1. The fraction of sp³-hybridized carbons (Fsp3) is 0.667. The lowest BCUT2D eigenvalue weighted by atomic mass is 10.3. The summed E-state index contributed by atoms with van der Waals surface area (Å²) in [6.07, 6.45) is 4.57. The van der Waals surface area contributed by atoms with Crippen molar-refractivity contribution >= 4 is 17.2 Å². The van der Waals surface area contributed by atoms with Crippen LogP contribution in [0, 0.1) is 6.92 Å². The van der Waals surface area contributed by atoms with E-state index in [4.69, 9.17) is 22.7 Å². The maximum Gasteiger partial charge on any atom is 0.105 e. The van der Waals surface area contributed by atoms with E-state index in [0.717, 1.165) is 45.0 Å². The maximum absolute atomic E-state index is 5.54. The monoisotopic (exact) mass is 270 g/mol. The van der Waals surface area contributed by atoms with Crippen LogP contribution in [0.5, 0.6) is 0 Å². The van der Waals surface area contributed by atoms with Gasteiger partial charge >= 0.3 is 0 Å². The summed E-state index contributed by atoms with van der Waals surface area (Å²) < 4.78 is 7.25. The third-order valence-corrected chi connectivity index (χ3v) is 3.07. The molecule has 5 nitrogen and oxygen atoms in total. The highest BCUT2D eigenvalue weighted by Crippen LogP contribution is 1.98. The molecule has 0 unspecified atom stereocenters. The molecule has 0 aromatic carbocycles. The summed E-state index contributed by atoms with van der Waals surface area (Å²) in [5, 5.41) is 0. The summed E-state index contributed by atoms with van der Waals surface area (Å²) >= 11 is 4.92. The van der Waals surface area contributed by atoms with Crippen molar-refractivity contribution in [3.63, 3.8) is 0 Å². The molecule has 1 aromatic rings. The largest absolute Gasteiger partial charge is 0.393 e. The van der Waals surface area contributed by atoms with Gasteiger partial charge in [0.2, 0.25) is 0 Å². The first kappa shape index (κ1) is 15.1. The topological polar surface area (TPSA) is 56.3 Å². The van der Waals surface area contributed by atoms with Crippen LogP contribution >= 0.6 is 12.2 Å². The van der Waals surface area contributed by atoms with Gasteiger partial charge in [0.1, 0.15) is 5.82 Å². The van der Waals surface area contributed by atoms with E-state index in [1.165, 1.54) is 0 Å². The smallest absolute Gasteiger partial charge is 0.105 e. The van der Waals surface area contributed by atoms with Crippen molar-refractivity contribution < 1.29 is 4.74 Å². The van der Waals surface area contributed by atoms with E-state index in [-0.39, 0.29) is 0 Å². The average molecular weight is 270 g/mol. The van der Waals surface area contributed by atoms with Crippen LogP contribution in [0.4, 0.5) is 0 Å². The minimum Gasteiger partial charge on any atom is -0.393 e. The molecule has 0 radical (unpaired) electrons. The van der Waals surface area contributed by atoms with Crippen molar-refractivity contribution in [2.24, 2.45) is 5.73 Å². The van der Waals surface area contributed by atoms with Crippen LogP contribution in [0.25, 0.3) is 0 Å². The number of hydrogen-bond donors (Lipinski definition) is 1. The van der Waals surface area contributed by atoms with Gasteiger partial charge in [0.25, 0.3) is 0 Å². The molecule has 18 heavy (non-hydrogen) atoms. The van der Waals surface area contributed by atoms with Gasteiger partial charge in [-0.25, -0.2) is 4.98 Å². The van der Waals surface area contributed by atoms with E-state index < -0.39 is 0 Å². The molecule has 0 amide bonds. The Bertz CT molecular complexity index is 367. The molecule has 0 bridgehead atoms. The Morgan fingerprint density at radius 3 is 2.83 bits per heavy atom. The molecule has 1 aromatic heterocycles. The third kappa shape index (κ3) is 5.57. The molecular formula is C12H22N4OS. The Morgan fingerprint density at radius 2 is 2.28 bits per heavy atom. The number of imidazole rings is 1. The van der Waals surface area contributed by atoms with Crippen LogP contribution < -0.4 is 5.73 Å². The van der Waals surface area contributed by atoms with Gasteiger partial charge < -0.3 is 15.0 Å². The SMILES string of the molecule is COCCN(CCC(N)=S)CCn1ccnc1C. The first-order chi connectivity index (χ1) is 8.63. The number of methoxy groups -OCH3 is 1. The second-order valence-corrected chi connectivity index (χ2v) is 4.74. The molecule has 0 aliphatic carbocycles. The van der Waals surface area contributed by atoms with Crippen LogP contribution in [0.3, 0.4) is 0 Å². The number of rotatable bonds is 9. The van der Waals surface area contributed by atoms with Gasteiger partial charge in [-0.2, -0.15) is 0 Å². The first-order valence-corrected chi connectivity index (χ1v) is 6.51. The minimum atomic E-state index is 0.566. The molecule has 0 saturated heterocycles. The van der Waals surface area contributed by atoms with Crippen LogP contribution in [0.15, 0.2) is 12.4 Å². The fourth-order valence-corrected chi connectivity index (χ4v) is 1.80. The predicted octanol–water partition coefficient (Wildman–Crippen LogP) is 0.816. The lowest BCUT2D eigenvalue weighted by Crippen LogP contribution is -2.33. The summed E-state index contributed by atoms with van der Waals surface area (Å²) in [5.41, 5.74) is 5.54. The summed E-state index contributed by atoms with van der Waals surface area (Å²) in [4.78, 5) is 7.08. The van der Waals surface area contributed by atoms with Crippen molar-refractivity contribution in [2.45, 2.75) is 19.9 Å². The molecule has 2 N–H and O–H groups in total. The predicted molar refractivity (Wildman–Crippen MR) is 76.7 cm³/mol. The summed E-state index contributed by atoms with van der Waals surface area (Å²) in [7, 11) is 1.71. The first-order valence-electron chi connectivity index (χ1n) is 6.11.